The summed E-state index contributed by atoms with van der Waals surface area (Å²) in [6, 6.07) is 17.5. The molecule has 208 valence electrons. The zero-order valence-corrected chi connectivity index (χ0v) is 24.4. The molecule has 8 heteroatoms. The molecule has 7 nitrogen and oxygen atoms in total. The molecule has 1 aliphatic heterocycles. The van der Waals surface area contributed by atoms with Crippen molar-refractivity contribution in [2.75, 3.05) is 42.9 Å². The lowest BCUT2D eigenvalue weighted by molar-refractivity contribution is 0.0697. The first-order valence-electron chi connectivity index (χ1n) is 13.7. The Labute approximate surface area is 240 Å². The predicted molar refractivity (Wildman–Crippen MR) is 170 cm³/mol. The van der Waals surface area contributed by atoms with E-state index in [4.69, 9.17) is 16.6 Å². The van der Waals surface area contributed by atoms with Gasteiger partial charge in [-0.05, 0) is 70.2 Å². The molecule has 1 heterocycles. The summed E-state index contributed by atoms with van der Waals surface area (Å²) in [5.74, 6) is -0.340. The van der Waals surface area contributed by atoms with Crippen LogP contribution in [0.15, 0.2) is 71.7 Å². The number of nitrogens with zero attached hydrogens (tertiary/aromatic N) is 2. The molecule has 0 spiro atoms. The van der Waals surface area contributed by atoms with Gasteiger partial charge in [0.2, 0.25) is 5.36 Å². The number of nitrogens with one attached hydrogen (secondary N) is 2. The third-order valence-corrected chi connectivity index (χ3v) is 7.39. The number of carboxylic acids is 1. The zero-order chi connectivity index (χ0) is 28.8. The number of rotatable bonds is 10. The van der Waals surface area contributed by atoms with Crippen LogP contribution in [0.1, 0.15) is 38.1 Å². The third kappa shape index (κ3) is 5.72. The Morgan fingerprint density at radius 2 is 1.80 bits per heavy atom. The lowest BCUT2D eigenvalue weighted by atomic mass is 9.89. The molecule has 0 saturated heterocycles. The Kier molecular flexibility index (Phi) is 9.22. The van der Waals surface area contributed by atoms with Crippen molar-refractivity contribution in [3.63, 3.8) is 0 Å². The van der Waals surface area contributed by atoms with E-state index in [1.54, 1.807) is 18.2 Å². The van der Waals surface area contributed by atoms with Crippen LogP contribution in [0.5, 0.6) is 0 Å². The van der Waals surface area contributed by atoms with Crippen LogP contribution in [-0.2, 0) is 0 Å². The van der Waals surface area contributed by atoms with Gasteiger partial charge in [-0.2, -0.15) is 0 Å². The zero-order valence-electron chi connectivity index (χ0n) is 23.6. The van der Waals surface area contributed by atoms with E-state index in [1.807, 2.05) is 30.3 Å². The first kappa shape index (κ1) is 28.8. The van der Waals surface area contributed by atoms with Gasteiger partial charge in [0.05, 0.1) is 11.6 Å². The molecule has 2 aromatic carbocycles. The molecule has 1 aliphatic carbocycles. The van der Waals surface area contributed by atoms with Crippen molar-refractivity contribution in [2.45, 2.75) is 27.7 Å². The molecule has 0 radical (unpaired) electrons. The smallest absolute Gasteiger partial charge is 0.336 e. The highest BCUT2D eigenvalue weighted by atomic mass is 32.1. The first-order chi connectivity index (χ1) is 19.4. The fourth-order valence-corrected chi connectivity index (χ4v) is 5.34. The highest BCUT2D eigenvalue weighted by Crippen LogP contribution is 2.45. The van der Waals surface area contributed by atoms with Crippen LogP contribution in [0.2, 0.25) is 0 Å². The third-order valence-electron chi connectivity index (χ3n) is 7.15. The lowest BCUT2D eigenvalue weighted by Crippen LogP contribution is -2.29. The van der Waals surface area contributed by atoms with Crippen molar-refractivity contribution in [1.29, 1.82) is 0 Å². The summed E-state index contributed by atoms with van der Waals surface area (Å²) in [5, 5.41) is 18.9. The minimum absolute atomic E-state index is 0.172. The standard InChI is InChI=1S/C32H36N4O3S/c1-6-18-33-32(40)34-26-13-11-12-25(31(37)38)30(26)29-23-16-14-21(35(7-2)8-3)19-27(23)39-28-20-22(15-17-24(28)29)36(9-4)10-5/h6,11-17,19-20H,1,7-10,18H2,2-5H3,(H2,33,37,38,40)/p+1. The van der Waals surface area contributed by atoms with Crippen molar-refractivity contribution in [1.82, 2.24) is 9.89 Å². The summed E-state index contributed by atoms with van der Waals surface area (Å²) in [7, 11) is 0. The number of anilines is 2. The maximum Gasteiger partial charge on any atom is 0.336 e. The van der Waals surface area contributed by atoms with Crippen LogP contribution in [0.3, 0.4) is 0 Å². The Hall–Kier alpha value is -4.17. The van der Waals surface area contributed by atoms with Gasteiger partial charge in [0.15, 0.2) is 5.11 Å². The summed E-state index contributed by atoms with van der Waals surface area (Å²) in [6.07, 6.45) is 1.71. The van der Waals surface area contributed by atoms with Crippen molar-refractivity contribution in [3.05, 3.63) is 78.2 Å². The maximum absolute atomic E-state index is 12.6. The van der Waals surface area contributed by atoms with Crippen molar-refractivity contribution < 1.29 is 14.3 Å². The van der Waals surface area contributed by atoms with Crippen LogP contribution in [0.4, 0.5) is 11.4 Å². The molecule has 0 aromatic heterocycles. The molecule has 0 bridgehead atoms. The molecule has 4 rings (SSSR count). The van der Waals surface area contributed by atoms with Gasteiger partial charge in [-0.3, -0.25) is 0 Å². The summed E-state index contributed by atoms with van der Waals surface area (Å²) in [4.78, 5) is 14.9. The van der Waals surface area contributed by atoms with E-state index in [0.29, 0.717) is 34.3 Å². The minimum Gasteiger partial charge on any atom is -0.478 e. The van der Waals surface area contributed by atoms with E-state index in [0.717, 1.165) is 53.7 Å². The molecule has 3 N–H and O–H groups in total. The van der Waals surface area contributed by atoms with Crippen LogP contribution in [-0.4, -0.2) is 48.9 Å². The summed E-state index contributed by atoms with van der Waals surface area (Å²) in [6.45, 7) is 16.1. The predicted octanol–water partition coefficient (Wildman–Crippen LogP) is 6.03. The van der Waals surface area contributed by atoms with Gasteiger partial charge in [-0.1, -0.05) is 12.1 Å². The summed E-state index contributed by atoms with van der Waals surface area (Å²) >= 11 is 5.51. The second-order valence-corrected chi connectivity index (χ2v) is 9.75. The van der Waals surface area contributed by atoms with E-state index in [1.165, 1.54) is 0 Å². The average molecular weight is 558 g/mol. The number of carbonyl (C=O) groups is 1. The van der Waals surface area contributed by atoms with Gasteiger partial charge in [-0.25, -0.2) is 9.37 Å². The minimum atomic E-state index is -1.02. The number of benzene rings is 3. The van der Waals surface area contributed by atoms with Crippen molar-refractivity contribution >= 4 is 45.6 Å². The van der Waals surface area contributed by atoms with Crippen molar-refractivity contribution in [2.24, 2.45) is 0 Å². The maximum atomic E-state index is 12.6. The van der Waals surface area contributed by atoms with Crippen LogP contribution in [0, 0.1) is 0 Å². The Morgan fingerprint density at radius 1 is 1.05 bits per heavy atom. The van der Waals surface area contributed by atoms with Gasteiger partial charge < -0.3 is 25.1 Å². The Bertz CT molecular complexity index is 1600. The van der Waals surface area contributed by atoms with E-state index < -0.39 is 5.97 Å². The number of hydrogen-bond acceptors (Lipinski definition) is 4. The Balaban J connectivity index is 2.12. The van der Waals surface area contributed by atoms with E-state index in [-0.39, 0.29) is 5.56 Å². The molecule has 0 fully saturated rings. The molecule has 2 aliphatic rings. The van der Waals surface area contributed by atoms with Gasteiger partial charge >= 0.3 is 5.97 Å². The first-order valence-corrected chi connectivity index (χ1v) is 14.1. The van der Waals surface area contributed by atoms with Gasteiger partial charge in [0.1, 0.15) is 24.4 Å². The summed E-state index contributed by atoms with van der Waals surface area (Å²) < 4.78 is 8.83. The lowest BCUT2D eigenvalue weighted by Gasteiger charge is -2.23. The molecule has 0 amide bonds. The number of aromatic carboxylic acids is 1. The molecule has 2 aromatic rings. The van der Waals surface area contributed by atoms with Crippen LogP contribution < -0.4 is 25.5 Å². The molecular formula is C32H37N4O3S+. The fourth-order valence-electron chi connectivity index (χ4n) is 5.14. The number of fused-ring (bicyclic) bond motifs is 2. The van der Waals surface area contributed by atoms with Crippen LogP contribution >= 0.6 is 12.2 Å². The average Bonchev–Trinajstić information content (AvgIpc) is 2.96. The van der Waals surface area contributed by atoms with E-state index >= 15 is 0 Å². The second-order valence-electron chi connectivity index (χ2n) is 9.34. The number of hydrogen-bond donors (Lipinski definition) is 3. The molecule has 0 atom stereocenters. The van der Waals surface area contributed by atoms with Gasteiger partial charge in [0.25, 0.3) is 0 Å². The van der Waals surface area contributed by atoms with E-state index in [2.05, 4.69) is 66.5 Å². The Morgan fingerprint density at radius 3 is 2.45 bits per heavy atom. The number of carboxylic acid groups (broad SMARTS) is 1. The van der Waals surface area contributed by atoms with Crippen molar-refractivity contribution in [3.8, 4) is 22.5 Å². The highest BCUT2D eigenvalue weighted by Gasteiger charge is 2.25. The summed E-state index contributed by atoms with van der Waals surface area (Å²) in [5.41, 5.74) is 4.64. The second kappa shape index (κ2) is 12.8. The highest BCUT2D eigenvalue weighted by molar-refractivity contribution is 7.80. The topological polar surface area (TPSA) is 80.8 Å². The molecule has 40 heavy (non-hydrogen) atoms. The number of thiocarbonyl (C=S) groups is 1. The molecule has 0 saturated carbocycles. The SMILES string of the molecule is C=CCNC(=S)Nc1cccc(C(=O)O)c1-c1c2ccc(=[N+](CC)CC)cc-2oc2cc(N(CC)CC)ccc12. The quantitative estimate of drug-likeness (QED) is 0.0950. The van der Waals surface area contributed by atoms with Gasteiger partial charge in [0, 0.05) is 65.2 Å². The van der Waals surface area contributed by atoms with E-state index in [9.17, 15) is 9.90 Å². The largest absolute Gasteiger partial charge is 0.478 e. The monoisotopic (exact) mass is 557 g/mol. The van der Waals surface area contributed by atoms with Gasteiger partial charge in [-0.15, -0.1) is 6.58 Å². The van der Waals surface area contributed by atoms with Crippen LogP contribution in [0.25, 0.3) is 33.4 Å². The molecule has 0 unspecified atom stereocenters. The fraction of sp³-hybridized carbons (Fsp3) is 0.281. The molecular weight excluding hydrogens is 520 g/mol. The normalized spacial score (nSPS) is 10.9.